The van der Waals surface area contributed by atoms with E-state index < -0.39 is 6.04 Å². The van der Waals surface area contributed by atoms with Gasteiger partial charge in [0.25, 0.3) is 0 Å². The molecule has 0 unspecified atom stereocenters. The van der Waals surface area contributed by atoms with E-state index in [1.165, 1.54) is 11.8 Å². The largest absolute Gasteiger partial charge is 0.352 e. The first kappa shape index (κ1) is 21.9. The number of nitrogens with zero attached hydrogens (tertiary/aromatic N) is 1. The summed E-state index contributed by atoms with van der Waals surface area (Å²) in [4.78, 5) is 28.7. The molecular weight excluding hydrogens is 448 g/mol. The van der Waals surface area contributed by atoms with Gasteiger partial charge in [0.1, 0.15) is 6.04 Å². The average Bonchev–Trinajstić information content (AvgIpc) is 3.23. The maximum absolute atomic E-state index is 13.1. The third-order valence-corrected chi connectivity index (χ3v) is 6.71. The Bertz CT molecular complexity index is 825. The molecule has 0 aliphatic heterocycles. The zero-order valence-corrected chi connectivity index (χ0v) is 19.0. The van der Waals surface area contributed by atoms with Gasteiger partial charge in [-0.1, -0.05) is 59.1 Å². The van der Waals surface area contributed by atoms with Gasteiger partial charge in [0.05, 0.1) is 5.75 Å². The number of rotatable bonds is 8. The molecule has 2 amide bonds. The highest BCUT2D eigenvalue weighted by atomic mass is 79.9. The molecule has 1 aliphatic rings. The Morgan fingerprint density at radius 3 is 2.55 bits per heavy atom. The monoisotopic (exact) mass is 474 g/mol. The van der Waals surface area contributed by atoms with E-state index in [0.717, 1.165) is 40.6 Å². The van der Waals surface area contributed by atoms with Crippen molar-refractivity contribution in [3.8, 4) is 0 Å². The summed E-state index contributed by atoms with van der Waals surface area (Å²) in [5.74, 6) is 0.205. The minimum atomic E-state index is -0.515. The first-order valence-corrected chi connectivity index (χ1v) is 11.8. The van der Waals surface area contributed by atoms with Crippen molar-refractivity contribution in [2.45, 2.75) is 56.1 Å². The minimum Gasteiger partial charge on any atom is -0.352 e. The van der Waals surface area contributed by atoms with Crippen LogP contribution in [-0.4, -0.2) is 34.6 Å². The van der Waals surface area contributed by atoms with E-state index >= 15 is 0 Å². The second kappa shape index (κ2) is 10.8. The van der Waals surface area contributed by atoms with Gasteiger partial charge in [-0.3, -0.25) is 9.59 Å². The fraction of sp³-hybridized carbons (Fsp3) is 0.391. The molecule has 1 aliphatic carbocycles. The lowest BCUT2D eigenvalue weighted by atomic mass is 10.1. The lowest BCUT2D eigenvalue weighted by Crippen LogP contribution is -2.50. The number of halogens is 1. The van der Waals surface area contributed by atoms with Crippen molar-refractivity contribution in [2.75, 3.05) is 5.75 Å². The molecule has 0 saturated heterocycles. The van der Waals surface area contributed by atoms with Crippen LogP contribution in [0.3, 0.4) is 0 Å². The molecule has 3 rings (SSSR count). The number of carbonyl (C=O) groups excluding carboxylic acids is 2. The zero-order valence-electron chi connectivity index (χ0n) is 16.6. The third-order valence-electron chi connectivity index (χ3n) is 5.22. The summed E-state index contributed by atoms with van der Waals surface area (Å²) >= 11 is 4.99. The molecule has 1 fully saturated rings. The van der Waals surface area contributed by atoms with Gasteiger partial charge in [-0.2, -0.15) is 0 Å². The number of nitrogens with one attached hydrogen (secondary N) is 1. The van der Waals surface area contributed by atoms with Crippen molar-refractivity contribution in [1.82, 2.24) is 10.2 Å². The van der Waals surface area contributed by atoms with Crippen LogP contribution in [0, 0.1) is 0 Å². The van der Waals surface area contributed by atoms with Crippen molar-refractivity contribution in [3.05, 3.63) is 64.6 Å². The topological polar surface area (TPSA) is 49.4 Å². The molecule has 154 valence electrons. The summed E-state index contributed by atoms with van der Waals surface area (Å²) < 4.78 is 0.962. The molecule has 4 nitrogen and oxygen atoms in total. The Balaban J connectivity index is 1.70. The van der Waals surface area contributed by atoms with Gasteiger partial charge in [0, 0.05) is 22.0 Å². The van der Waals surface area contributed by atoms with Crippen LogP contribution in [0.5, 0.6) is 0 Å². The molecule has 29 heavy (non-hydrogen) atoms. The quantitative estimate of drug-likeness (QED) is 0.546. The number of carbonyl (C=O) groups is 2. The SMILES string of the molecule is C[C@@H](C(=O)NC1CCCC1)N(Cc1cccc(Br)c1)C(=O)CSc1ccccc1. The van der Waals surface area contributed by atoms with Crippen molar-refractivity contribution < 1.29 is 9.59 Å². The highest BCUT2D eigenvalue weighted by molar-refractivity contribution is 9.10. The van der Waals surface area contributed by atoms with Crippen LogP contribution in [0.25, 0.3) is 0 Å². The van der Waals surface area contributed by atoms with Gasteiger partial charge in [-0.25, -0.2) is 0 Å². The van der Waals surface area contributed by atoms with E-state index in [9.17, 15) is 9.59 Å². The number of amides is 2. The fourth-order valence-electron chi connectivity index (χ4n) is 3.55. The van der Waals surface area contributed by atoms with Crippen LogP contribution < -0.4 is 5.32 Å². The maximum Gasteiger partial charge on any atom is 0.242 e. The minimum absolute atomic E-state index is 0.0344. The second-order valence-electron chi connectivity index (χ2n) is 7.42. The first-order valence-electron chi connectivity index (χ1n) is 10.0. The van der Waals surface area contributed by atoms with E-state index in [2.05, 4.69) is 21.2 Å². The summed E-state index contributed by atoms with van der Waals surface area (Å²) in [7, 11) is 0. The highest BCUT2D eigenvalue weighted by Gasteiger charge is 2.28. The number of thioether (sulfide) groups is 1. The normalized spacial score (nSPS) is 15.1. The van der Waals surface area contributed by atoms with Gasteiger partial charge in [0.2, 0.25) is 11.8 Å². The maximum atomic E-state index is 13.1. The highest BCUT2D eigenvalue weighted by Crippen LogP contribution is 2.21. The van der Waals surface area contributed by atoms with Gasteiger partial charge >= 0.3 is 0 Å². The smallest absolute Gasteiger partial charge is 0.242 e. The zero-order chi connectivity index (χ0) is 20.6. The first-order chi connectivity index (χ1) is 14.0. The standard InChI is InChI=1S/C23H27BrN2O2S/c1-17(23(28)25-20-10-5-6-11-20)26(15-18-8-7-9-19(24)14-18)22(27)16-29-21-12-3-2-4-13-21/h2-4,7-9,12-14,17,20H,5-6,10-11,15-16H2,1H3,(H,25,28)/t17-/m0/s1. The van der Waals surface area contributed by atoms with E-state index in [1.807, 2.05) is 61.5 Å². The Morgan fingerprint density at radius 1 is 1.14 bits per heavy atom. The lowest BCUT2D eigenvalue weighted by molar-refractivity contribution is -0.138. The Hall–Kier alpha value is -1.79. The van der Waals surface area contributed by atoms with Crippen LogP contribution in [0.1, 0.15) is 38.2 Å². The van der Waals surface area contributed by atoms with E-state index in [-0.39, 0.29) is 17.9 Å². The number of hydrogen-bond donors (Lipinski definition) is 1. The van der Waals surface area contributed by atoms with Gasteiger partial charge in [0.15, 0.2) is 0 Å². The molecule has 1 atom stereocenters. The number of hydrogen-bond acceptors (Lipinski definition) is 3. The Kier molecular flexibility index (Phi) is 8.19. The van der Waals surface area contributed by atoms with Crippen molar-refractivity contribution in [3.63, 3.8) is 0 Å². The molecule has 0 aromatic heterocycles. The lowest BCUT2D eigenvalue weighted by Gasteiger charge is -2.29. The molecule has 6 heteroatoms. The predicted octanol–water partition coefficient (Wildman–Crippen LogP) is 5.02. The summed E-state index contributed by atoms with van der Waals surface area (Å²) in [6.45, 7) is 2.24. The van der Waals surface area contributed by atoms with Crippen molar-refractivity contribution in [2.24, 2.45) is 0 Å². The van der Waals surface area contributed by atoms with Crippen LogP contribution >= 0.6 is 27.7 Å². The Labute approximate surface area is 185 Å². The molecule has 0 heterocycles. The van der Waals surface area contributed by atoms with Gasteiger partial charge < -0.3 is 10.2 Å². The molecule has 0 spiro atoms. The van der Waals surface area contributed by atoms with Crippen LogP contribution in [0.15, 0.2) is 64.0 Å². The van der Waals surface area contributed by atoms with E-state index in [4.69, 9.17) is 0 Å². The molecule has 0 radical (unpaired) electrons. The van der Waals surface area contributed by atoms with Gasteiger partial charge in [-0.15, -0.1) is 11.8 Å². The number of benzene rings is 2. The van der Waals surface area contributed by atoms with Gasteiger partial charge in [-0.05, 0) is 49.6 Å². The van der Waals surface area contributed by atoms with Crippen molar-refractivity contribution >= 4 is 39.5 Å². The predicted molar refractivity (Wildman–Crippen MR) is 122 cm³/mol. The van der Waals surface area contributed by atoms with Crippen LogP contribution in [0.2, 0.25) is 0 Å². The van der Waals surface area contributed by atoms with Crippen LogP contribution in [-0.2, 0) is 16.1 Å². The van der Waals surface area contributed by atoms with E-state index in [1.54, 1.807) is 4.90 Å². The van der Waals surface area contributed by atoms with Crippen LogP contribution in [0.4, 0.5) is 0 Å². The fourth-order valence-corrected chi connectivity index (χ4v) is 4.80. The average molecular weight is 475 g/mol. The Morgan fingerprint density at radius 2 is 1.86 bits per heavy atom. The summed E-state index contributed by atoms with van der Waals surface area (Å²) in [6, 6.07) is 17.5. The molecular formula is C23H27BrN2O2S. The molecule has 0 bridgehead atoms. The molecule has 1 saturated carbocycles. The summed E-state index contributed by atoms with van der Waals surface area (Å²) in [5, 5.41) is 3.14. The molecule has 1 N–H and O–H groups in total. The van der Waals surface area contributed by atoms with Crippen molar-refractivity contribution in [1.29, 1.82) is 0 Å². The second-order valence-corrected chi connectivity index (χ2v) is 9.38. The summed E-state index contributed by atoms with van der Waals surface area (Å²) in [5.41, 5.74) is 0.998. The van der Waals surface area contributed by atoms with E-state index in [0.29, 0.717) is 12.3 Å². The third kappa shape index (κ3) is 6.61. The summed E-state index contributed by atoms with van der Waals surface area (Å²) in [6.07, 6.45) is 4.38. The molecule has 2 aromatic carbocycles. The molecule has 2 aromatic rings.